The first-order valence-electron chi connectivity index (χ1n) is 4.66. The van der Waals surface area contributed by atoms with Gasteiger partial charge in [0.2, 0.25) is 5.13 Å². The van der Waals surface area contributed by atoms with Gasteiger partial charge in [-0.05, 0) is 44.0 Å². The predicted octanol–water partition coefficient (Wildman–Crippen LogP) is 3.69. The van der Waals surface area contributed by atoms with Crippen molar-refractivity contribution in [2.24, 2.45) is 5.84 Å². The molecule has 0 unspecified atom stereocenters. The Labute approximate surface area is 132 Å². The number of nitrogens with two attached hydrogens (primary N) is 1. The molecule has 3 N–H and O–H groups in total. The molecule has 1 heterocycles. The molecule has 5 nitrogen and oxygen atoms in total. The molecule has 0 saturated carbocycles. The van der Waals surface area contributed by atoms with E-state index in [2.05, 4.69) is 63.4 Å². The van der Waals surface area contributed by atoms with Crippen LogP contribution in [0.2, 0.25) is 0 Å². The number of hydrogen-bond donors (Lipinski definition) is 2. The number of hydrazine groups is 1. The molecule has 1 aromatic heterocycles. The van der Waals surface area contributed by atoms with Gasteiger partial charge in [-0.1, -0.05) is 27.3 Å². The van der Waals surface area contributed by atoms with Gasteiger partial charge in [0.15, 0.2) is 5.01 Å². The summed E-state index contributed by atoms with van der Waals surface area (Å²) in [5.74, 6) is 5.95. The number of aromatic nitrogens is 2. The molecule has 18 heavy (non-hydrogen) atoms. The molecule has 0 aliphatic heterocycles. The highest BCUT2D eigenvalue weighted by Gasteiger charge is 2.10. The van der Waals surface area contributed by atoms with Crippen molar-refractivity contribution >= 4 is 64.3 Å². The maximum Gasteiger partial charge on any atom is 0.219 e. The molecule has 0 atom stereocenters. The van der Waals surface area contributed by atoms with Gasteiger partial charge in [0.05, 0.1) is 8.95 Å². The van der Waals surface area contributed by atoms with Gasteiger partial charge in [-0.2, -0.15) is 0 Å². The summed E-state index contributed by atoms with van der Waals surface area (Å²) in [5.41, 5.74) is 2.44. The van der Waals surface area contributed by atoms with Crippen molar-refractivity contribution in [3.63, 3.8) is 0 Å². The molecule has 2 aromatic rings. The second kappa shape index (κ2) is 6.29. The van der Waals surface area contributed by atoms with Gasteiger partial charge in [-0.25, -0.2) is 5.84 Å². The lowest BCUT2D eigenvalue weighted by Crippen LogP contribution is -2.05. The highest BCUT2D eigenvalue weighted by atomic mass is 79.9. The summed E-state index contributed by atoms with van der Waals surface area (Å²) in [6, 6.07) is 3.82. The number of halogens is 3. The topological polar surface area (TPSA) is 73.1 Å². The summed E-state index contributed by atoms with van der Waals surface area (Å²) in [5, 5.41) is 9.07. The Bertz CT molecular complexity index is 539. The fraction of sp³-hybridized carbons (Fsp3) is 0.111. The molecule has 0 aliphatic rings. The van der Waals surface area contributed by atoms with Crippen LogP contribution < -0.4 is 16.0 Å². The third-order valence-corrected chi connectivity index (χ3v) is 4.36. The molecule has 0 bridgehead atoms. The molecule has 1 aromatic carbocycles. The first kappa shape index (κ1) is 14.2. The lowest BCUT2D eigenvalue weighted by atomic mass is 10.3. The van der Waals surface area contributed by atoms with Crippen molar-refractivity contribution in [1.82, 2.24) is 10.2 Å². The van der Waals surface area contributed by atoms with E-state index in [1.165, 1.54) is 11.3 Å². The van der Waals surface area contributed by atoms with Crippen LogP contribution in [0.3, 0.4) is 0 Å². The van der Waals surface area contributed by atoms with Crippen molar-refractivity contribution in [3.8, 4) is 5.75 Å². The molecular weight excluding hydrogens is 452 g/mol. The van der Waals surface area contributed by atoms with Crippen LogP contribution in [-0.2, 0) is 6.61 Å². The summed E-state index contributed by atoms with van der Waals surface area (Å²) in [6.45, 7) is 0.332. The second-order valence-corrected chi connectivity index (χ2v) is 6.82. The van der Waals surface area contributed by atoms with E-state index in [0.29, 0.717) is 11.7 Å². The lowest BCUT2D eigenvalue weighted by molar-refractivity contribution is 0.300. The largest absolute Gasteiger partial charge is 0.484 e. The van der Waals surface area contributed by atoms with E-state index < -0.39 is 0 Å². The van der Waals surface area contributed by atoms with Crippen LogP contribution in [0.5, 0.6) is 5.75 Å². The Morgan fingerprint density at radius 1 is 1.22 bits per heavy atom. The number of benzene rings is 1. The molecule has 0 radical (unpaired) electrons. The zero-order valence-corrected chi connectivity index (χ0v) is 14.4. The minimum atomic E-state index is 0.332. The predicted molar refractivity (Wildman–Crippen MR) is 81.6 cm³/mol. The van der Waals surface area contributed by atoms with Crippen molar-refractivity contribution in [3.05, 3.63) is 30.6 Å². The Morgan fingerprint density at radius 3 is 2.44 bits per heavy atom. The average Bonchev–Trinajstić information content (AvgIpc) is 2.75. The fourth-order valence-electron chi connectivity index (χ4n) is 1.17. The Morgan fingerprint density at radius 2 is 1.89 bits per heavy atom. The van der Waals surface area contributed by atoms with Gasteiger partial charge in [0.1, 0.15) is 12.4 Å². The van der Waals surface area contributed by atoms with Gasteiger partial charge in [-0.3, -0.25) is 5.43 Å². The van der Waals surface area contributed by atoms with E-state index in [-0.39, 0.29) is 0 Å². The molecule has 0 aliphatic carbocycles. The molecule has 0 saturated heterocycles. The monoisotopic (exact) mass is 456 g/mol. The molecule has 0 fully saturated rings. The maximum absolute atomic E-state index is 5.69. The van der Waals surface area contributed by atoms with Gasteiger partial charge < -0.3 is 4.74 Å². The molecular formula is C9H7Br3N4OS. The van der Waals surface area contributed by atoms with Crippen LogP contribution in [-0.4, -0.2) is 10.2 Å². The third kappa shape index (κ3) is 3.41. The van der Waals surface area contributed by atoms with Crippen LogP contribution in [0.4, 0.5) is 5.13 Å². The van der Waals surface area contributed by atoms with E-state index in [0.717, 1.165) is 24.2 Å². The van der Waals surface area contributed by atoms with Gasteiger partial charge in [0, 0.05) is 4.47 Å². The van der Waals surface area contributed by atoms with Crippen LogP contribution in [0.15, 0.2) is 25.6 Å². The maximum atomic E-state index is 5.69. The lowest BCUT2D eigenvalue weighted by Gasteiger charge is -2.09. The Kier molecular flexibility index (Phi) is 4.96. The number of ether oxygens (including phenoxy) is 1. The first-order chi connectivity index (χ1) is 8.60. The van der Waals surface area contributed by atoms with Crippen molar-refractivity contribution < 1.29 is 4.74 Å². The minimum absolute atomic E-state index is 0.332. The second-order valence-electron chi connectivity index (χ2n) is 3.13. The number of anilines is 1. The summed E-state index contributed by atoms with van der Waals surface area (Å²) < 4.78 is 8.35. The van der Waals surface area contributed by atoms with Crippen molar-refractivity contribution in [2.75, 3.05) is 5.43 Å². The summed E-state index contributed by atoms with van der Waals surface area (Å²) in [4.78, 5) is 0. The van der Waals surface area contributed by atoms with E-state index in [1.54, 1.807) is 0 Å². The number of rotatable bonds is 4. The summed E-state index contributed by atoms with van der Waals surface area (Å²) >= 11 is 11.6. The van der Waals surface area contributed by atoms with E-state index >= 15 is 0 Å². The van der Waals surface area contributed by atoms with Gasteiger partial charge in [-0.15, -0.1) is 10.2 Å². The van der Waals surface area contributed by atoms with Crippen LogP contribution in [0.25, 0.3) is 0 Å². The van der Waals surface area contributed by atoms with Crippen LogP contribution in [0, 0.1) is 0 Å². The Hall–Kier alpha value is -0.220. The number of nitrogens with one attached hydrogen (secondary N) is 1. The van der Waals surface area contributed by atoms with Gasteiger partial charge in [0.25, 0.3) is 0 Å². The quantitative estimate of drug-likeness (QED) is 0.540. The molecule has 2 rings (SSSR count). The first-order valence-corrected chi connectivity index (χ1v) is 7.86. The SMILES string of the molecule is NNc1nnc(COc2c(Br)cc(Br)cc2Br)s1. The van der Waals surface area contributed by atoms with Crippen LogP contribution in [0.1, 0.15) is 5.01 Å². The summed E-state index contributed by atoms with van der Waals surface area (Å²) in [6.07, 6.45) is 0. The fourth-order valence-corrected chi connectivity index (χ4v) is 4.22. The molecule has 9 heteroatoms. The smallest absolute Gasteiger partial charge is 0.219 e. The third-order valence-electron chi connectivity index (χ3n) is 1.89. The summed E-state index contributed by atoms with van der Waals surface area (Å²) in [7, 11) is 0. The zero-order chi connectivity index (χ0) is 13.1. The number of nitrogen functional groups attached to an aromatic ring is 1. The van der Waals surface area contributed by atoms with E-state index in [1.807, 2.05) is 12.1 Å². The normalized spacial score (nSPS) is 10.4. The van der Waals surface area contributed by atoms with E-state index in [4.69, 9.17) is 10.6 Å². The highest BCUT2D eigenvalue weighted by molar-refractivity contribution is 9.11. The van der Waals surface area contributed by atoms with Crippen molar-refractivity contribution in [1.29, 1.82) is 0 Å². The number of nitrogens with zero attached hydrogens (tertiary/aromatic N) is 2. The molecule has 0 amide bonds. The average molecular weight is 459 g/mol. The number of hydrogen-bond acceptors (Lipinski definition) is 6. The molecule has 0 spiro atoms. The highest BCUT2D eigenvalue weighted by Crippen LogP contribution is 2.37. The zero-order valence-electron chi connectivity index (χ0n) is 8.78. The Balaban J connectivity index is 2.10. The molecule has 96 valence electrons. The van der Waals surface area contributed by atoms with E-state index in [9.17, 15) is 0 Å². The standard InChI is InChI=1S/C9H7Br3N4OS/c10-4-1-5(11)8(6(12)2-4)17-3-7-15-16-9(14-13)18-7/h1-2H,3,13H2,(H,14,16). The van der Waals surface area contributed by atoms with Crippen molar-refractivity contribution in [2.45, 2.75) is 6.61 Å². The van der Waals surface area contributed by atoms with Gasteiger partial charge >= 0.3 is 0 Å². The van der Waals surface area contributed by atoms with Crippen LogP contribution >= 0.6 is 59.1 Å². The minimum Gasteiger partial charge on any atom is -0.484 e.